The minimum Gasteiger partial charge on any atom is -0.478 e. The van der Waals surface area contributed by atoms with Crippen LogP contribution >= 0.6 is 0 Å². The molecule has 0 aromatic carbocycles. The predicted molar refractivity (Wildman–Crippen MR) is 94.5 cm³/mol. The molecule has 4 nitrogen and oxygen atoms in total. The van der Waals surface area contributed by atoms with Crippen LogP contribution in [0, 0.1) is 28.6 Å². The first-order chi connectivity index (χ1) is 11.1. The second kappa shape index (κ2) is 7.17. The zero-order valence-electron chi connectivity index (χ0n) is 15.6. The number of carboxylic acid groups (broad SMARTS) is 1. The molecule has 0 unspecified atom stereocenters. The molecule has 0 spiro atoms. The van der Waals surface area contributed by atoms with Crippen molar-refractivity contribution in [2.24, 2.45) is 28.6 Å². The molecular formula is C20H34O4. The Bertz CT molecular complexity index is 496. The van der Waals surface area contributed by atoms with Gasteiger partial charge in [-0.2, -0.15) is 0 Å². The van der Waals surface area contributed by atoms with Gasteiger partial charge < -0.3 is 15.3 Å². The van der Waals surface area contributed by atoms with E-state index in [1.54, 1.807) is 6.08 Å². The first-order valence-corrected chi connectivity index (χ1v) is 9.37. The van der Waals surface area contributed by atoms with E-state index in [0.717, 1.165) is 38.5 Å². The van der Waals surface area contributed by atoms with Crippen molar-refractivity contribution in [3.63, 3.8) is 0 Å². The normalized spacial score (nSPS) is 36.6. The van der Waals surface area contributed by atoms with E-state index < -0.39 is 12.1 Å². The highest BCUT2D eigenvalue weighted by molar-refractivity contribution is 5.87. The summed E-state index contributed by atoms with van der Waals surface area (Å²) in [6, 6.07) is 0. The van der Waals surface area contributed by atoms with Crippen molar-refractivity contribution in [2.75, 3.05) is 6.61 Å². The molecule has 0 aromatic rings. The van der Waals surface area contributed by atoms with E-state index in [2.05, 4.69) is 27.7 Å². The van der Waals surface area contributed by atoms with Crippen molar-refractivity contribution in [1.82, 2.24) is 0 Å². The van der Waals surface area contributed by atoms with Crippen molar-refractivity contribution < 1.29 is 20.1 Å². The van der Waals surface area contributed by atoms with Crippen LogP contribution in [0.1, 0.15) is 66.2 Å². The van der Waals surface area contributed by atoms with Gasteiger partial charge in [0.25, 0.3) is 0 Å². The molecule has 5 atom stereocenters. The van der Waals surface area contributed by atoms with Crippen LogP contribution in [0.15, 0.2) is 11.6 Å². The Morgan fingerprint density at radius 2 is 1.96 bits per heavy atom. The number of hydrogen-bond acceptors (Lipinski definition) is 3. The standard InChI is InChI=1S/C20H34O4/c1-13(8-11-21)6-7-15-14(18(23)24)12-16(22)17-19(2,3)9-5-10-20(15,17)4/h12-13,15-17,21-22H,5-11H2,1-4H3,(H,23,24)/t13-,15+,16+,17+,20-/m1/s1. The summed E-state index contributed by atoms with van der Waals surface area (Å²) in [6.07, 6.45) is 6.56. The first kappa shape index (κ1) is 19.5. The number of carbonyl (C=O) groups is 1. The molecule has 0 amide bonds. The average molecular weight is 338 g/mol. The van der Waals surface area contributed by atoms with Gasteiger partial charge in [0.15, 0.2) is 0 Å². The summed E-state index contributed by atoms with van der Waals surface area (Å²) >= 11 is 0. The maximum atomic E-state index is 11.8. The van der Waals surface area contributed by atoms with E-state index in [9.17, 15) is 15.0 Å². The Balaban J connectivity index is 2.35. The van der Waals surface area contributed by atoms with E-state index in [1.165, 1.54) is 0 Å². The summed E-state index contributed by atoms with van der Waals surface area (Å²) in [4.78, 5) is 11.8. The van der Waals surface area contributed by atoms with Crippen LogP contribution in [0.3, 0.4) is 0 Å². The molecule has 3 N–H and O–H groups in total. The minimum absolute atomic E-state index is 0.0158. The van der Waals surface area contributed by atoms with Crippen molar-refractivity contribution in [3.8, 4) is 0 Å². The lowest BCUT2D eigenvalue weighted by Crippen LogP contribution is -2.55. The lowest BCUT2D eigenvalue weighted by molar-refractivity contribution is -0.139. The van der Waals surface area contributed by atoms with Crippen LogP contribution in [-0.4, -0.2) is 34.0 Å². The Morgan fingerprint density at radius 3 is 2.54 bits per heavy atom. The molecule has 1 saturated carbocycles. The topological polar surface area (TPSA) is 77.8 Å². The van der Waals surface area contributed by atoms with E-state index in [0.29, 0.717) is 11.5 Å². The number of aliphatic hydroxyl groups is 2. The average Bonchev–Trinajstić information content (AvgIpc) is 2.44. The maximum absolute atomic E-state index is 11.8. The van der Waals surface area contributed by atoms with E-state index in [4.69, 9.17) is 5.11 Å². The molecule has 0 radical (unpaired) electrons. The largest absolute Gasteiger partial charge is 0.478 e. The molecule has 0 heterocycles. The second-order valence-electron chi connectivity index (χ2n) is 8.99. The fourth-order valence-electron chi connectivity index (χ4n) is 5.64. The lowest BCUT2D eigenvalue weighted by Gasteiger charge is -2.58. The Kier molecular flexibility index (Phi) is 5.81. The van der Waals surface area contributed by atoms with Crippen molar-refractivity contribution >= 4 is 5.97 Å². The highest BCUT2D eigenvalue weighted by Crippen LogP contribution is 2.60. The van der Waals surface area contributed by atoms with Crippen molar-refractivity contribution in [2.45, 2.75) is 72.3 Å². The highest BCUT2D eigenvalue weighted by Gasteiger charge is 2.56. The van der Waals surface area contributed by atoms with Crippen LogP contribution in [-0.2, 0) is 4.79 Å². The van der Waals surface area contributed by atoms with Crippen LogP contribution in [0.2, 0.25) is 0 Å². The molecule has 138 valence electrons. The minimum atomic E-state index is -0.892. The van der Waals surface area contributed by atoms with E-state index in [1.807, 2.05) is 0 Å². The van der Waals surface area contributed by atoms with Gasteiger partial charge in [0.1, 0.15) is 0 Å². The number of hydrogen-bond donors (Lipinski definition) is 3. The predicted octanol–water partition coefficient (Wildman–Crippen LogP) is 3.62. The molecule has 0 aliphatic heterocycles. The highest BCUT2D eigenvalue weighted by atomic mass is 16.4. The third kappa shape index (κ3) is 3.55. The van der Waals surface area contributed by atoms with Crippen LogP contribution < -0.4 is 0 Å². The van der Waals surface area contributed by atoms with Gasteiger partial charge in [0, 0.05) is 12.2 Å². The Hall–Kier alpha value is -0.870. The summed E-state index contributed by atoms with van der Waals surface area (Å²) in [7, 11) is 0. The molecule has 4 heteroatoms. The number of aliphatic carboxylic acids is 1. The van der Waals surface area contributed by atoms with Gasteiger partial charge in [-0.05, 0) is 60.3 Å². The SMILES string of the molecule is C[C@@H](CCO)CC[C@H]1C(C(=O)O)=C[C@H](O)[C@H]2C(C)(C)CCC[C@]12C. The van der Waals surface area contributed by atoms with Crippen LogP contribution in [0.4, 0.5) is 0 Å². The number of carboxylic acids is 1. The summed E-state index contributed by atoms with van der Waals surface area (Å²) < 4.78 is 0. The Morgan fingerprint density at radius 1 is 1.29 bits per heavy atom. The Labute approximate surface area is 146 Å². The molecule has 2 aliphatic rings. The second-order valence-corrected chi connectivity index (χ2v) is 8.99. The van der Waals surface area contributed by atoms with Crippen LogP contribution in [0.5, 0.6) is 0 Å². The summed E-state index contributed by atoms with van der Waals surface area (Å²) in [6.45, 7) is 8.91. The van der Waals surface area contributed by atoms with Gasteiger partial charge in [0.2, 0.25) is 0 Å². The number of aliphatic hydroxyl groups excluding tert-OH is 2. The fourth-order valence-corrected chi connectivity index (χ4v) is 5.64. The molecule has 0 aromatic heterocycles. The zero-order valence-corrected chi connectivity index (χ0v) is 15.6. The van der Waals surface area contributed by atoms with Gasteiger partial charge in [-0.1, -0.05) is 40.5 Å². The summed E-state index contributed by atoms with van der Waals surface area (Å²) in [5, 5.41) is 29.6. The molecule has 1 fully saturated rings. The van der Waals surface area contributed by atoms with Crippen LogP contribution in [0.25, 0.3) is 0 Å². The van der Waals surface area contributed by atoms with E-state index in [-0.39, 0.29) is 29.3 Å². The monoisotopic (exact) mass is 338 g/mol. The van der Waals surface area contributed by atoms with Crippen molar-refractivity contribution in [3.05, 3.63) is 11.6 Å². The van der Waals surface area contributed by atoms with Gasteiger partial charge in [-0.25, -0.2) is 4.79 Å². The molecule has 2 rings (SSSR count). The third-order valence-electron chi connectivity index (χ3n) is 6.77. The van der Waals surface area contributed by atoms with Gasteiger partial charge in [-0.3, -0.25) is 0 Å². The first-order valence-electron chi connectivity index (χ1n) is 9.37. The van der Waals surface area contributed by atoms with Crippen molar-refractivity contribution in [1.29, 1.82) is 0 Å². The summed E-state index contributed by atoms with van der Waals surface area (Å²) in [5.41, 5.74) is 0.236. The molecule has 0 bridgehead atoms. The quantitative estimate of drug-likeness (QED) is 0.691. The third-order valence-corrected chi connectivity index (χ3v) is 6.77. The fraction of sp³-hybridized carbons (Fsp3) is 0.850. The summed E-state index contributed by atoms with van der Waals surface area (Å²) in [5.74, 6) is -0.434. The molecule has 24 heavy (non-hydrogen) atoms. The van der Waals surface area contributed by atoms with E-state index >= 15 is 0 Å². The number of fused-ring (bicyclic) bond motifs is 1. The lowest BCUT2D eigenvalue weighted by atomic mass is 9.47. The van der Waals surface area contributed by atoms with Gasteiger partial charge >= 0.3 is 5.97 Å². The number of rotatable bonds is 6. The zero-order chi connectivity index (χ0) is 18.1. The maximum Gasteiger partial charge on any atom is 0.331 e. The van der Waals surface area contributed by atoms with Gasteiger partial charge in [0.05, 0.1) is 6.10 Å². The smallest absolute Gasteiger partial charge is 0.331 e. The molecule has 2 aliphatic carbocycles. The molecule has 0 saturated heterocycles. The van der Waals surface area contributed by atoms with Gasteiger partial charge in [-0.15, -0.1) is 0 Å². The molecular weight excluding hydrogens is 304 g/mol.